The molecule has 0 saturated heterocycles. The van der Waals surface area contributed by atoms with Crippen LogP contribution in [0, 0.1) is 11.8 Å². The maximum absolute atomic E-state index is 12.3. The molecule has 2 heteroatoms. The van der Waals surface area contributed by atoms with E-state index in [4.69, 9.17) is 4.74 Å². The van der Waals surface area contributed by atoms with Gasteiger partial charge in [0.25, 0.3) is 0 Å². The van der Waals surface area contributed by atoms with Gasteiger partial charge in [-0.3, -0.25) is 4.79 Å². The number of carbonyl (C=O) groups is 1. The van der Waals surface area contributed by atoms with E-state index in [1.165, 1.54) is 0 Å². The number of hydrogen-bond donors (Lipinski definition) is 0. The van der Waals surface area contributed by atoms with E-state index in [1.54, 1.807) is 7.11 Å². The van der Waals surface area contributed by atoms with Crippen molar-refractivity contribution in [1.82, 2.24) is 0 Å². The van der Waals surface area contributed by atoms with Gasteiger partial charge in [-0.25, -0.2) is 0 Å². The molecule has 0 radical (unpaired) electrons. The average Bonchev–Trinajstić information content (AvgIpc) is 2.47. The highest BCUT2D eigenvalue weighted by atomic mass is 16.5. The molecule has 2 nitrogen and oxygen atoms in total. The van der Waals surface area contributed by atoms with E-state index < -0.39 is 0 Å². The second-order valence-electron chi connectivity index (χ2n) is 4.83. The maximum atomic E-state index is 12.3. The molecule has 0 aliphatic carbocycles. The molecule has 0 N–H and O–H groups in total. The van der Waals surface area contributed by atoms with Crippen molar-refractivity contribution >= 4 is 5.78 Å². The summed E-state index contributed by atoms with van der Waals surface area (Å²) >= 11 is 0. The van der Waals surface area contributed by atoms with Gasteiger partial charge in [0, 0.05) is 12.0 Å². The summed E-state index contributed by atoms with van der Waals surface area (Å²) in [7, 11) is 1.62. The van der Waals surface area contributed by atoms with Crippen molar-refractivity contribution in [1.29, 1.82) is 0 Å². The molecule has 1 atom stereocenters. The monoisotopic (exact) mass is 260 g/mol. The van der Waals surface area contributed by atoms with E-state index >= 15 is 0 Å². The third kappa shape index (κ3) is 4.23. The fourth-order valence-electron chi connectivity index (χ4n) is 2.45. The molecule has 19 heavy (non-hydrogen) atoms. The lowest BCUT2D eigenvalue weighted by molar-refractivity contribution is 0.0955. The lowest BCUT2D eigenvalue weighted by Crippen LogP contribution is -2.15. The van der Waals surface area contributed by atoms with Crippen LogP contribution in [0.2, 0.25) is 0 Å². The first-order valence-corrected chi connectivity index (χ1v) is 6.96. The van der Waals surface area contributed by atoms with Gasteiger partial charge in [-0.1, -0.05) is 32.8 Å². The maximum Gasteiger partial charge on any atom is 0.163 e. The number of rotatable bonds is 8. The van der Waals surface area contributed by atoms with Crippen LogP contribution in [0.5, 0.6) is 5.75 Å². The molecule has 0 fully saturated rings. The summed E-state index contributed by atoms with van der Waals surface area (Å²) in [5.41, 5.74) is 0.749. The minimum absolute atomic E-state index is 0.180. The van der Waals surface area contributed by atoms with Gasteiger partial charge in [0.05, 0.1) is 7.11 Å². The minimum Gasteiger partial charge on any atom is -0.497 e. The van der Waals surface area contributed by atoms with Gasteiger partial charge in [0.1, 0.15) is 5.75 Å². The molecule has 0 aromatic heterocycles. The highest BCUT2D eigenvalue weighted by molar-refractivity contribution is 5.96. The molecule has 0 aliphatic heterocycles. The Morgan fingerprint density at radius 1 is 1.26 bits per heavy atom. The molecular formula is C17H24O2. The SMILES string of the molecule is C=C[C@H](CC(=O)c1ccc(OC)cc1)C(CC)CC. The van der Waals surface area contributed by atoms with E-state index in [2.05, 4.69) is 20.4 Å². The van der Waals surface area contributed by atoms with Crippen LogP contribution in [-0.2, 0) is 0 Å². The molecule has 104 valence electrons. The normalized spacial score (nSPS) is 12.2. The zero-order chi connectivity index (χ0) is 14.3. The van der Waals surface area contributed by atoms with Gasteiger partial charge in [0.15, 0.2) is 5.78 Å². The van der Waals surface area contributed by atoms with Gasteiger partial charge < -0.3 is 4.74 Å². The zero-order valence-electron chi connectivity index (χ0n) is 12.2. The topological polar surface area (TPSA) is 26.3 Å². The van der Waals surface area contributed by atoms with E-state index in [-0.39, 0.29) is 11.7 Å². The molecule has 1 aromatic carbocycles. The molecule has 1 rings (SSSR count). The Morgan fingerprint density at radius 2 is 1.84 bits per heavy atom. The molecule has 1 aromatic rings. The van der Waals surface area contributed by atoms with E-state index in [0.29, 0.717) is 12.3 Å². The predicted octanol–water partition coefficient (Wildman–Crippen LogP) is 4.51. The van der Waals surface area contributed by atoms with Gasteiger partial charge in [-0.05, 0) is 36.1 Å². The fourth-order valence-corrected chi connectivity index (χ4v) is 2.45. The highest BCUT2D eigenvalue weighted by Crippen LogP contribution is 2.25. The first-order chi connectivity index (χ1) is 9.15. The summed E-state index contributed by atoms with van der Waals surface area (Å²) in [4.78, 5) is 12.3. The summed E-state index contributed by atoms with van der Waals surface area (Å²) in [6, 6.07) is 7.31. The third-order valence-corrected chi connectivity index (χ3v) is 3.79. The van der Waals surface area contributed by atoms with Gasteiger partial charge in [0.2, 0.25) is 0 Å². The lowest BCUT2D eigenvalue weighted by Gasteiger charge is -2.21. The number of carbonyl (C=O) groups excluding carboxylic acids is 1. The van der Waals surface area contributed by atoms with Crippen LogP contribution in [0.15, 0.2) is 36.9 Å². The number of Topliss-reactive ketones (excluding diaryl/α,β-unsaturated/α-hetero) is 1. The fraction of sp³-hybridized carbons (Fsp3) is 0.471. The zero-order valence-corrected chi connectivity index (χ0v) is 12.2. The average molecular weight is 260 g/mol. The predicted molar refractivity (Wildman–Crippen MR) is 79.7 cm³/mol. The Bertz CT molecular complexity index is 402. The van der Waals surface area contributed by atoms with Crippen LogP contribution >= 0.6 is 0 Å². The van der Waals surface area contributed by atoms with E-state index in [9.17, 15) is 4.79 Å². The number of allylic oxidation sites excluding steroid dienone is 1. The summed E-state index contributed by atoms with van der Waals surface area (Å²) < 4.78 is 5.10. The standard InChI is InChI=1S/C17H24O2/c1-5-13(6-2)14(7-3)12-17(18)15-8-10-16(19-4)11-9-15/h7-11,13-14H,3,5-6,12H2,1-2,4H3/t14-/m1/s1. The van der Waals surface area contributed by atoms with Gasteiger partial charge in [-0.2, -0.15) is 0 Å². The number of methoxy groups -OCH3 is 1. The lowest BCUT2D eigenvalue weighted by atomic mass is 9.83. The van der Waals surface area contributed by atoms with Crippen LogP contribution in [0.1, 0.15) is 43.5 Å². The number of benzene rings is 1. The van der Waals surface area contributed by atoms with Crippen molar-refractivity contribution in [3.8, 4) is 5.75 Å². The molecule has 0 bridgehead atoms. The highest BCUT2D eigenvalue weighted by Gasteiger charge is 2.19. The van der Waals surface area contributed by atoms with Crippen LogP contribution in [-0.4, -0.2) is 12.9 Å². The molecule has 0 unspecified atom stereocenters. The molecule has 0 heterocycles. The van der Waals surface area contributed by atoms with Gasteiger partial charge >= 0.3 is 0 Å². The Hall–Kier alpha value is -1.57. The summed E-state index contributed by atoms with van der Waals surface area (Å²) in [6.07, 6.45) is 4.65. The van der Waals surface area contributed by atoms with E-state index in [0.717, 1.165) is 24.2 Å². The Balaban J connectivity index is 2.73. The molecule has 0 aliphatic rings. The first-order valence-electron chi connectivity index (χ1n) is 6.96. The van der Waals surface area contributed by atoms with Crippen molar-refractivity contribution in [2.45, 2.75) is 33.1 Å². The quantitative estimate of drug-likeness (QED) is 0.508. The summed E-state index contributed by atoms with van der Waals surface area (Å²) in [6.45, 7) is 8.22. The van der Waals surface area contributed by atoms with Crippen molar-refractivity contribution in [3.05, 3.63) is 42.5 Å². The van der Waals surface area contributed by atoms with Crippen molar-refractivity contribution in [2.75, 3.05) is 7.11 Å². The number of ether oxygens (including phenoxy) is 1. The van der Waals surface area contributed by atoms with Gasteiger partial charge in [-0.15, -0.1) is 6.58 Å². The third-order valence-electron chi connectivity index (χ3n) is 3.79. The molecule has 0 amide bonds. The van der Waals surface area contributed by atoms with Crippen LogP contribution in [0.25, 0.3) is 0 Å². The summed E-state index contributed by atoms with van der Waals surface area (Å²) in [5, 5.41) is 0. The van der Waals surface area contributed by atoms with Crippen LogP contribution in [0.3, 0.4) is 0 Å². The van der Waals surface area contributed by atoms with Crippen LogP contribution < -0.4 is 4.74 Å². The first kappa shape index (κ1) is 15.5. The number of ketones is 1. The second-order valence-corrected chi connectivity index (χ2v) is 4.83. The largest absolute Gasteiger partial charge is 0.497 e. The Kier molecular flexibility index (Phi) is 6.34. The molecular weight excluding hydrogens is 236 g/mol. The minimum atomic E-state index is 0.180. The Morgan fingerprint density at radius 3 is 2.26 bits per heavy atom. The van der Waals surface area contributed by atoms with Crippen molar-refractivity contribution in [3.63, 3.8) is 0 Å². The van der Waals surface area contributed by atoms with Crippen LogP contribution in [0.4, 0.5) is 0 Å². The number of hydrogen-bond acceptors (Lipinski definition) is 2. The smallest absolute Gasteiger partial charge is 0.163 e. The van der Waals surface area contributed by atoms with E-state index in [1.807, 2.05) is 30.3 Å². The second kappa shape index (κ2) is 7.78. The molecule has 0 spiro atoms. The summed E-state index contributed by atoms with van der Waals surface area (Å²) in [5.74, 6) is 1.76. The molecule has 0 saturated carbocycles. The van der Waals surface area contributed by atoms with Crippen molar-refractivity contribution < 1.29 is 9.53 Å². The Labute approximate surface area is 116 Å². The van der Waals surface area contributed by atoms with Crippen molar-refractivity contribution in [2.24, 2.45) is 11.8 Å².